The van der Waals surface area contributed by atoms with Crippen LogP contribution in [0.1, 0.15) is 19.7 Å². The first kappa shape index (κ1) is 22.1. The van der Waals surface area contributed by atoms with Crippen LogP contribution >= 0.6 is 11.6 Å². The fourth-order valence-corrected chi connectivity index (χ4v) is 2.53. The summed E-state index contributed by atoms with van der Waals surface area (Å²) in [6.07, 6.45) is -0.0777. The van der Waals surface area contributed by atoms with Gasteiger partial charge < -0.3 is 23.9 Å². The smallest absolute Gasteiger partial charge is 0.420 e. The molecular weight excluding hydrogens is 429 g/mol. The Balaban J connectivity index is 1.61. The second kappa shape index (κ2) is 9.94. The third-order valence-electron chi connectivity index (χ3n) is 4.14. The van der Waals surface area contributed by atoms with Crippen molar-refractivity contribution < 1.29 is 27.8 Å². The van der Waals surface area contributed by atoms with Gasteiger partial charge in [-0.25, -0.2) is 4.39 Å². The number of allylic oxidation sites excluding steroid dienone is 2. The molecule has 0 aliphatic carbocycles. The molecule has 0 saturated heterocycles. The first-order valence-electron chi connectivity index (χ1n) is 9.07. The first-order chi connectivity index (χ1) is 14.9. The molecule has 0 bridgehead atoms. The molecule has 2 aromatic carbocycles. The summed E-state index contributed by atoms with van der Waals surface area (Å²) in [4.78, 5) is 12.1. The predicted molar refractivity (Wildman–Crippen MR) is 111 cm³/mol. The van der Waals surface area contributed by atoms with Gasteiger partial charge in [0.2, 0.25) is 5.89 Å². The number of ether oxygens (including phenoxy) is 3. The Kier molecular flexibility index (Phi) is 7.09. The van der Waals surface area contributed by atoms with Gasteiger partial charge in [0, 0.05) is 17.3 Å². The maximum absolute atomic E-state index is 13.4. The lowest BCUT2D eigenvalue weighted by Gasteiger charge is -2.09. The van der Waals surface area contributed by atoms with Crippen LogP contribution in [0, 0.1) is 5.82 Å². The van der Waals surface area contributed by atoms with E-state index in [2.05, 4.69) is 15.5 Å². The Morgan fingerprint density at radius 2 is 1.90 bits per heavy atom. The molecule has 0 saturated carbocycles. The van der Waals surface area contributed by atoms with E-state index in [1.165, 1.54) is 19.2 Å². The second-order valence-corrected chi connectivity index (χ2v) is 6.70. The minimum absolute atomic E-state index is 0.0279. The van der Waals surface area contributed by atoms with E-state index in [9.17, 15) is 9.18 Å². The average Bonchev–Trinajstić information content (AvgIpc) is 3.22. The SMILES string of the molecule is COc1ccccc1Oc1nnc(/C(C)=C(/C)NC(=O)COc2ccc(Cl)c(F)c2)o1. The number of amides is 1. The number of nitrogens with zero attached hydrogens (tertiary/aromatic N) is 2. The molecule has 0 radical (unpaired) electrons. The molecule has 10 heteroatoms. The van der Waals surface area contributed by atoms with Gasteiger partial charge in [-0.05, 0) is 38.1 Å². The van der Waals surface area contributed by atoms with E-state index in [0.717, 1.165) is 6.07 Å². The van der Waals surface area contributed by atoms with Gasteiger partial charge in [0.15, 0.2) is 18.1 Å². The zero-order valence-electron chi connectivity index (χ0n) is 16.9. The Morgan fingerprint density at radius 1 is 1.16 bits per heavy atom. The highest BCUT2D eigenvalue weighted by Gasteiger charge is 2.15. The monoisotopic (exact) mass is 447 g/mol. The lowest BCUT2D eigenvalue weighted by Crippen LogP contribution is -2.28. The Bertz CT molecular complexity index is 1120. The van der Waals surface area contributed by atoms with Crippen LogP contribution in [0.15, 0.2) is 52.6 Å². The standard InChI is InChI=1S/C21H19ClFN3O5/c1-12(13(2)24-19(27)11-29-14-8-9-15(22)16(23)10-14)20-25-26-21(31-20)30-18-7-5-4-6-17(18)28-3/h4-10H,11H2,1-3H3,(H,24,27)/b13-12-. The lowest BCUT2D eigenvalue weighted by molar-refractivity contribution is -0.122. The number of hydrogen-bond donors (Lipinski definition) is 1. The molecule has 1 heterocycles. The van der Waals surface area contributed by atoms with Crippen molar-refractivity contribution in [1.29, 1.82) is 0 Å². The van der Waals surface area contributed by atoms with Crippen LogP contribution in [-0.4, -0.2) is 29.8 Å². The zero-order chi connectivity index (χ0) is 22.4. The molecule has 1 aromatic heterocycles. The summed E-state index contributed by atoms with van der Waals surface area (Å²) in [5.41, 5.74) is 1.01. The molecule has 0 spiro atoms. The number of hydrogen-bond acceptors (Lipinski definition) is 7. The summed E-state index contributed by atoms with van der Waals surface area (Å²) in [6, 6.07) is 10.9. The van der Waals surface area contributed by atoms with E-state index >= 15 is 0 Å². The molecule has 0 fully saturated rings. The van der Waals surface area contributed by atoms with Gasteiger partial charge >= 0.3 is 6.08 Å². The molecule has 0 aliphatic rings. The molecule has 0 aliphatic heterocycles. The van der Waals surface area contributed by atoms with Crippen LogP contribution in [0.3, 0.4) is 0 Å². The summed E-state index contributed by atoms with van der Waals surface area (Å²) >= 11 is 5.62. The Morgan fingerprint density at radius 3 is 2.61 bits per heavy atom. The number of benzene rings is 2. The van der Waals surface area contributed by atoms with Crippen molar-refractivity contribution in [3.05, 3.63) is 64.9 Å². The average molecular weight is 448 g/mol. The van der Waals surface area contributed by atoms with Crippen LogP contribution in [0.5, 0.6) is 23.3 Å². The number of rotatable bonds is 8. The van der Waals surface area contributed by atoms with Gasteiger partial charge in [-0.3, -0.25) is 4.79 Å². The Hall–Kier alpha value is -3.59. The predicted octanol–water partition coefficient (Wildman–Crippen LogP) is 4.61. The highest BCUT2D eigenvalue weighted by Crippen LogP contribution is 2.31. The molecule has 0 atom stereocenters. The topological polar surface area (TPSA) is 95.7 Å². The van der Waals surface area contributed by atoms with E-state index < -0.39 is 11.7 Å². The van der Waals surface area contributed by atoms with Crippen LogP contribution in [0.4, 0.5) is 4.39 Å². The molecule has 3 rings (SSSR count). The summed E-state index contributed by atoms with van der Waals surface area (Å²) in [5.74, 6) is 0.209. The van der Waals surface area contributed by atoms with Crippen LogP contribution in [-0.2, 0) is 4.79 Å². The van der Waals surface area contributed by atoms with Gasteiger partial charge in [-0.2, -0.15) is 0 Å². The molecule has 3 aromatic rings. The fraction of sp³-hybridized carbons (Fsp3) is 0.190. The third-order valence-corrected chi connectivity index (χ3v) is 4.45. The summed E-state index contributed by atoms with van der Waals surface area (Å²) in [5, 5.41) is 10.4. The number of halogens is 2. The number of aromatic nitrogens is 2. The lowest BCUT2D eigenvalue weighted by atomic mass is 10.2. The van der Waals surface area contributed by atoms with Gasteiger partial charge in [-0.15, -0.1) is 5.10 Å². The largest absolute Gasteiger partial charge is 0.493 e. The van der Waals surface area contributed by atoms with E-state index in [-0.39, 0.29) is 29.3 Å². The van der Waals surface area contributed by atoms with E-state index in [1.54, 1.807) is 38.1 Å². The van der Waals surface area contributed by atoms with Crippen molar-refractivity contribution in [2.24, 2.45) is 0 Å². The maximum Gasteiger partial charge on any atom is 0.420 e. The number of para-hydroxylation sites is 2. The van der Waals surface area contributed by atoms with Crippen LogP contribution < -0.4 is 19.5 Å². The Labute approximate surface area is 182 Å². The molecular formula is C21H19ClFN3O5. The van der Waals surface area contributed by atoms with Crippen LogP contribution in [0.25, 0.3) is 5.57 Å². The molecule has 0 unspecified atom stereocenters. The summed E-state index contributed by atoms with van der Waals surface area (Å²) < 4.78 is 35.0. The van der Waals surface area contributed by atoms with E-state index in [4.69, 9.17) is 30.2 Å². The fourth-order valence-electron chi connectivity index (χ4n) is 2.41. The van der Waals surface area contributed by atoms with E-state index in [0.29, 0.717) is 22.8 Å². The highest BCUT2D eigenvalue weighted by molar-refractivity contribution is 6.30. The normalized spacial score (nSPS) is 11.5. The van der Waals surface area contributed by atoms with Crippen molar-refractivity contribution in [3.8, 4) is 23.3 Å². The summed E-state index contributed by atoms with van der Waals surface area (Å²) in [6.45, 7) is 3.04. The number of carbonyl (C=O) groups excluding carboxylic acids is 1. The van der Waals surface area contributed by atoms with Gasteiger partial charge in [0.05, 0.1) is 12.1 Å². The minimum Gasteiger partial charge on any atom is -0.493 e. The van der Waals surface area contributed by atoms with Crippen molar-refractivity contribution in [3.63, 3.8) is 0 Å². The molecule has 1 amide bonds. The number of methoxy groups -OCH3 is 1. The van der Waals surface area contributed by atoms with Crippen molar-refractivity contribution in [2.75, 3.05) is 13.7 Å². The quantitative estimate of drug-likeness (QED) is 0.538. The number of carbonyl (C=O) groups is 1. The van der Waals surface area contributed by atoms with Gasteiger partial charge in [0.1, 0.15) is 11.6 Å². The molecule has 8 nitrogen and oxygen atoms in total. The highest BCUT2D eigenvalue weighted by atomic mass is 35.5. The van der Waals surface area contributed by atoms with E-state index in [1.807, 2.05) is 0 Å². The molecule has 1 N–H and O–H groups in total. The van der Waals surface area contributed by atoms with Crippen molar-refractivity contribution >= 4 is 23.1 Å². The van der Waals surface area contributed by atoms with Gasteiger partial charge in [0.25, 0.3) is 5.91 Å². The molecule has 162 valence electrons. The zero-order valence-corrected chi connectivity index (χ0v) is 17.7. The van der Waals surface area contributed by atoms with Crippen LogP contribution in [0.2, 0.25) is 5.02 Å². The van der Waals surface area contributed by atoms with Gasteiger partial charge in [-0.1, -0.05) is 28.8 Å². The maximum atomic E-state index is 13.4. The third kappa shape index (κ3) is 5.73. The summed E-state index contributed by atoms with van der Waals surface area (Å²) in [7, 11) is 1.52. The second-order valence-electron chi connectivity index (χ2n) is 6.29. The molecule has 31 heavy (non-hydrogen) atoms. The number of nitrogens with one attached hydrogen (secondary N) is 1. The first-order valence-corrected chi connectivity index (χ1v) is 9.45. The van der Waals surface area contributed by atoms with Crippen molar-refractivity contribution in [2.45, 2.75) is 13.8 Å². The van der Waals surface area contributed by atoms with Crippen molar-refractivity contribution in [1.82, 2.24) is 15.5 Å². The minimum atomic E-state index is -0.631.